The van der Waals surface area contributed by atoms with E-state index in [1.807, 2.05) is 78.9 Å². The summed E-state index contributed by atoms with van der Waals surface area (Å²) in [6, 6.07) is 26.9. The molecule has 4 heteroatoms. The van der Waals surface area contributed by atoms with Crippen molar-refractivity contribution in [3.8, 4) is 16.9 Å². The van der Waals surface area contributed by atoms with Crippen molar-refractivity contribution in [3.05, 3.63) is 96.2 Å². The number of rotatable bonds is 5. The van der Waals surface area contributed by atoms with Gasteiger partial charge in [0.15, 0.2) is 0 Å². The molecule has 0 bridgehead atoms. The first-order valence-corrected chi connectivity index (χ1v) is 9.00. The van der Waals surface area contributed by atoms with Gasteiger partial charge in [-0.25, -0.2) is 9.78 Å². The molecule has 0 fully saturated rings. The van der Waals surface area contributed by atoms with E-state index in [2.05, 4.69) is 4.98 Å². The highest BCUT2D eigenvalue weighted by Crippen LogP contribution is 2.31. The molecule has 138 valence electrons. The molecule has 0 aliphatic rings. The number of hydrogen-bond acceptors (Lipinski definition) is 4. The van der Waals surface area contributed by atoms with E-state index in [1.54, 1.807) is 13.2 Å². The third-order valence-electron chi connectivity index (χ3n) is 4.52. The standard InChI is InChI=1S/C24H19NO3/c1-27-19-12-13-22-21(14-19)20(18-10-6-3-7-11-18)15-23(25-22)24(26)28-16-17-8-4-2-5-9-17/h2-15H,16H2,1H3. The van der Waals surface area contributed by atoms with Crippen molar-refractivity contribution in [2.75, 3.05) is 7.11 Å². The van der Waals surface area contributed by atoms with Crippen LogP contribution in [0.1, 0.15) is 16.1 Å². The molecular weight excluding hydrogens is 350 g/mol. The number of benzene rings is 3. The summed E-state index contributed by atoms with van der Waals surface area (Å²) in [5.41, 5.74) is 3.85. The average molecular weight is 369 g/mol. The maximum atomic E-state index is 12.7. The van der Waals surface area contributed by atoms with Gasteiger partial charge in [0.25, 0.3) is 0 Å². The molecule has 0 spiro atoms. The van der Waals surface area contributed by atoms with E-state index in [1.165, 1.54) is 0 Å². The molecule has 28 heavy (non-hydrogen) atoms. The summed E-state index contributed by atoms with van der Waals surface area (Å²) in [4.78, 5) is 17.2. The Morgan fingerprint density at radius 2 is 1.61 bits per heavy atom. The first kappa shape index (κ1) is 17.7. The summed E-state index contributed by atoms with van der Waals surface area (Å²) >= 11 is 0. The van der Waals surface area contributed by atoms with E-state index < -0.39 is 5.97 Å². The minimum absolute atomic E-state index is 0.211. The van der Waals surface area contributed by atoms with Crippen LogP contribution in [0.4, 0.5) is 0 Å². The zero-order valence-corrected chi connectivity index (χ0v) is 15.5. The molecule has 0 atom stereocenters. The van der Waals surface area contributed by atoms with Crippen LogP contribution in [0.2, 0.25) is 0 Å². The molecule has 0 saturated heterocycles. The summed E-state index contributed by atoms with van der Waals surface area (Å²) in [6.07, 6.45) is 0. The van der Waals surface area contributed by atoms with Crippen LogP contribution in [0, 0.1) is 0 Å². The third-order valence-corrected chi connectivity index (χ3v) is 4.52. The van der Waals surface area contributed by atoms with Crippen molar-refractivity contribution in [1.29, 1.82) is 0 Å². The number of carbonyl (C=O) groups is 1. The molecule has 0 amide bonds. The Morgan fingerprint density at radius 1 is 0.893 bits per heavy atom. The fourth-order valence-electron chi connectivity index (χ4n) is 3.09. The van der Waals surface area contributed by atoms with Crippen LogP contribution in [0.3, 0.4) is 0 Å². The van der Waals surface area contributed by atoms with Gasteiger partial charge in [0.05, 0.1) is 12.6 Å². The van der Waals surface area contributed by atoms with E-state index in [9.17, 15) is 4.79 Å². The van der Waals surface area contributed by atoms with Gasteiger partial charge in [-0.15, -0.1) is 0 Å². The Hall–Kier alpha value is -3.66. The molecule has 0 N–H and O–H groups in total. The van der Waals surface area contributed by atoms with Gasteiger partial charge in [-0.1, -0.05) is 60.7 Å². The number of nitrogens with zero attached hydrogens (tertiary/aromatic N) is 1. The van der Waals surface area contributed by atoms with Crippen LogP contribution < -0.4 is 4.74 Å². The summed E-state index contributed by atoms with van der Waals surface area (Å²) < 4.78 is 10.8. The molecular formula is C24H19NO3. The summed E-state index contributed by atoms with van der Waals surface area (Å²) in [5.74, 6) is 0.296. The normalized spacial score (nSPS) is 10.6. The Morgan fingerprint density at radius 3 is 2.32 bits per heavy atom. The lowest BCUT2D eigenvalue weighted by Crippen LogP contribution is -2.08. The monoisotopic (exact) mass is 369 g/mol. The molecule has 0 unspecified atom stereocenters. The molecule has 0 aliphatic carbocycles. The van der Waals surface area contributed by atoms with Crippen molar-refractivity contribution >= 4 is 16.9 Å². The van der Waals surface area contributed by atoms with Crippen molar-refractivity contribution in [2.45, 2.75) is 6.61 Å². The van der Waals surface area contributed by atoms with Gasteiger partial charge in [-0.3, -0.25) is 0 Å². The van der Waals surface area contributed by atoms with Gasteiger partial charge in [0.2, 0.25) is 0 Å². The summed E-state index contributed by atoms with van der Waals surface area (Å²) in [5, 5.41) is 0.921. The quantitative estimate of drug-likeness (QED) is 0.450. The van der Waals surface area contributed by atoms with Crippen LogP contribution in [-0.2, 0) is 11.3 Å². The minimum Gasteiger partial charge on any atom is -0.497 e. The van der Waals surface area contributed by atoms with Crippen molar-refractivity contribution in [1.82, 2.24) is 4.98 Å². The smallest absolute Gasteiger partial charge is 0.357 e. The van der Waals surface area contributed by atoms with E-state index >= 15 is 0 Å². The molecule has 4 aromatic rings. The zero-order chi connectivity index (χ0) is 19.3. The molecule has 0 saturated carbocycles. The second-order valence-corrected chi connectivity index (χ2v) is 6.37. The maximum Gasteiger partial charge on any atom is 0.357 e. The van der Waals surface area contributed by atoms with Crippen LogP contribution in [0.25, 0.3) is 22.0 Å². The third kappa shape index (κ3) is 3.71. The number of methoxy groups -OCH3 is 1. The minimum atomic E-state index is -0.446. The molecule has 1 heterocycles. The van der Waals surface area contributed by atoms with Crippen LogP contribution in [0.15, 0.2) is 84.9 Å². The predicted molar refractivity (Wildman–Crippen MR) is 109 cm³/mol. The lowest BCUT2D eigenvalue weighted by atomic mass is 10.00. The average Bonchev–Trinajstić information content (AvgIpc) is 2.77. The van der Waals surface area contributed by atoms with E-state index in [-0.39, 0.29) is 12.3 Å². The fourth-order valence-corrected chi connectivity index (χ4v) is 3.09. The van der Waals surface area contributed by atoms with Crippen LogP contribution >= 0.6 is 0 Å². The number of esters is 1. The summed E-state index contributed by atoms with van der Waals surface area (Å²) in [6.45, 7) is 0.211. The number of pyridine rings is 1. The van der Waals surface area contributed by atoms with Crippen LogP contribution in [-0.4, -0.2) is 18.1 Å². The topological polar surface area (TPSA) is 48.4 Å². The highest BCUT2D eigenvalue weighted by molar-refractivity contribution is 6.00. The lowest BCUT2D eigenvalue weighted by Gasteiger charge is -2.11. The van der Waals surface area contributed by atoms with E-state index in [0.717, 1.165) is 27.8 Å². The second kappa shape index (κ2) is 7.92. The van der Waals surface area contributed by atoms with Gasteiger partial charge in [-0.2, -0.15) is 0 Å². The number of ether oxygens (including phenoxy) is 2. The van der Waals surface area contributed by atoms with E-state index in [0.29, 0.717) is 5.52 Å². The number of hydrogen-bond donors (Lipinski definition) is 0. The highest BCUT2D eigenvalue weighted by Gasteiger charge is 2.15. The molecule has 0 radical (unpaired) electrons. The van der Waals surface area contributed by atoms with Crippen molar-refractivity contribution < 1.29 is 14.3 Å². The molecule has 4 rings (SSSR count). The number of fused-ring (bicyclic) bond motifs is 1. The Labute approximate surface area is 163 Å². The molecule has 3 aromatic carbocycles. The lowest BCUT2D eigenvalue weighted by molar-refractivity contribution is 0.0466. The van der Waals surface area contributed by atoms with Gasteiger partial charge >= 0.3 is 5.97 Å². The SMILES string of the molecule is COc1ccc2nc(C(=O)OCc3ccccc3)cc(-c3ccccc3)c2c1. The first-order chi connectivity index (χ1) is 13.7. The molecule has 4 nitrogen and oxygen atoms in total. The number of carbonyl (C=O) groups excluding carboxylic acids is 1. The van der Waals surface area contributed by atoms with Crippen LogP contribution in [0.5, 0.6) is 5.75 Å². The fraction of sp³-hybridized carbons (Fsp3) is 0.0833. The summed E-state index contributed by atoms with van der Waals surface area (Å²) in [7, 11) is 1.63. The number of aromatic nitrogens is 1. The van der Waals surface area contributed by atoms with Gasteiger partial charge < -0.3 is 9.47 Å². The maximum absolute atomic E-state index is 12.7. The van der Waals surface area contributed by atoms with Crippen molar-refractivity contribution in [2.24, 2.45) is 0 Å². The zero-order valence-electron chi connectivity index (χ0n) is 15.5. The highest BCUT2D eigenvalue weighted by atomic mass is 16.5. The Balaban J connectivity index is 1.74. The predicted octanol–water partition coefficient (Wildman–Crippen LogP) is 5.27. The Bertz CT molecular complexity index is 1110. The van der Waals surface area contributed by atoms with Gasteiger partial charge in [0.1, 0.15) is 18.1 Å². The Kier molecular flexibility index (Phi) is 5.02. The molecule has 0 aliphatic heterocycles. The molecule has 1 aromatic heterocycles. The second-order valence-electron chi connectivity index (χ2n) is 6.37. The first-order valence-electron chi connectivity index (χ1n) is 9.00. The van der Waals surface area contributed by atoms with E-state index in [4.69, 9.17) is 9.47 Å². The van der Waals surface area contributed by atoms with Gasteiger partial charge in [-0.05, 0) is 41.0 Å². The van der Waals surface area contributed by atoms with Gasteiger partial charge in [0, 0.05) is 5.39 Å². The van der Waals surface area contributed by atoms with Crippen molar-refractivity contribution in [3.63, 3.8) is 0 Å². The largest absolute Gasteiger partial charge is 0.497 e.